The van der Waals surface area contributed by atoms with Crippen LogP contribution in [0.2, 0.25) is 15.2 Å². The Kier molecular flexibility index (Phi) is 9.23. The minimum absolute atomic E-state index is 0.0690. The number of aromatic nitrogens is 1. The van der Waals surface area contributed by atoms with Crippen LogP contribution in [0, 0.1) is 11.8 Å². The summed E-state index contributed by atoms with van der Waals surface area (Å²) < 4.78 is 16.3. The van der Waals surface area contributed by atoms with Crippen molar-refractivity contribution in [2.75, 3.05) is 39.5 Å². The first-order valence-corrected chi connectivity index (χ1v) is 11.0. The van der Waals surface area contributed by atoms with Crippen molar-refractivity contribution in [3.05, 3.63) is 51.6 Å². The van der Waals surface area contributed by atoms with Crippen molar-refractivity contribution in [1.82, 2.24) is 15.6 Å². The Hall–Kier alpha value is -2.26. The molecule has 172 valence electrons. The fourth-order valence-corrected chi connectivity index (χ4v) is 3.36. The van der Waals surface area contributed by atoms with E-state index in [1.807, 2.05) is 0 Å². The van der Waals surface area contributed by atoms with Crippen LogP contribution in [-0.4, -0.2) is 56.3 Å². The molecule has 1 saturated heterocycles. The van der Waals surface area contributed by atoms with Crippen LogP contribution in [0.15, 0.2) is 36.4 Å². The summed E-state index contributed by atoms with van der Waals surface area (Å²) in [6.45, 7) is 1.52. The average Bonchev–Trinajstić information content (AvgIpc) is 3.24. The number of nitrogens with one attached hydrogen (secondary N) is 2. The highest BCUT2D eigenvalue weighted by molar-refractivity contribution is 6.41. The molecule has 0 unspecified atom stereocenters. The van der Waals surface area contributed by atoms with E-state index in [1.54, 1.807) is 30.3 Å². The van der Waals surface area contributed by atoms with E-state index in [1.165, 1.54) is 6.07 Å². The lowest BCUT2D eigenvalue weighted by Crippen LogP contribution is -2.40. The summed E-state index contributed by atoms with van der Waals surface area (Å²) in [5.74, 6) is 0.376. The molecular formula is C21H22Cl3N3O5. The number of carbonyl (C=O) groups excluding carboxylic acids is 2. The van der Waals surface area contributed by atoms with Crippen molar-refractivity contribution in [2.45, 2.75) is 0 Å². The van der Waals surface area contributed by atoms with E-state index < -0.39 is 0 Å². The fraction of sp³-hybridized carbons (Fsp3) is 0.381. The van der Waals surface area contributed by atoms with Gasteiger partial charge in [0.1, 0.15) is 5.75 Å². The van der Waals surface area contributed by atoms with E-state index in [9.17, 15) is 9.59 Å². The Morgan fingerprint density at radius 3 is 2.09 bits per heavy atom. The molecular weight excluding hydrogens is 481 g/mol. The van der Waals surface area contributed by atoms with Crippen LogP contribution >= 0.6 is 34.8 Å². The van der Waals surface area contributed by atoms with Gasteiger partial charge in [-0.05, 0) is 30.3 Å². The van der Waals surface area contributed by atoms with Crippen LogP contribution in [0.3, 0.4) is 0 Å². The van der Waals surface area contributed by atoms with Crippen molar-refractivity contribution < 1.29 is 23.8 Å². The van der Waals surface area contributed by atoms with Crippen LogP contribution in [0.5, 0.6) is 11.6 Å². The Labute approximate surface area is 200 Å². The second-order valence-corrected chi connectivity index (χ2v) is 8.32. The maximum Gasteiger partial charge on any atom is 0.258 e. The molecule has 2 amide bonds. The molecule has 0 bridgehead atoms. The first-order chi connectivity index (χ1) is 15.4. The molecule has 2 atom stereocenters. The van der Waals surface area contributed by atoms with Gasteiger partial charge in [0.05, 0.1) is 18.2 Å². The van der Waals surface area contributed by atoms with Crippen LogP contribution in [-0.2, 0) is 14.3 Å². The molecule has 1 aromatic heterocycles. The lowest BCUT2D eigenvalue weighted by molar-refractivity contribution is -0.124. The van der Waals surface area contributed by atoms with Gasteiger partial charge in [0.15, 0.2) is 18.4 Å². The van der Waals surface area contributed by atoms with Gasteiger partial charge in [-0.15, -0.1) is 0 Å². The molecule has 0 aliphatic carbocycles. The number of pyridine rings is 1. The number of halogens is 3. The normalized spacial score (nSPS) is 17.6. The first-order valence-electron chi connectivity index (χ1n) is 9.85. The van der Waals surface area contributed by atoms with Gasteiger partial charge in [0.25, 0.3) is 11.8 Å². The summed E-state index contributed by atoms with van der Waals surface area (Å²) in [5, 5.41) is 6.66. The summed E-state index contributed by atoms with van der Waals surface area (Å²) in [7, 11) is 0. The summed E-state index contributed by atoms with van der Waals surface area (Å²) in [6.07, 6.45) is 0. The Bertz CT molecular complexity index is 929. The number of hydrogen-bond donors (Lipinski definition) is 2. The monoisotopic (exact) mass is 501 g/mol. The molecule has 1 aliphatic rings. The molecule has 2 N–H and O–H groups in total. The van der Waals surface area contributed by atoms with Crippen LogP contribution in [0.1, 0.15) is 0 Å². The van der Waals surface area contributed by atoms with Gasteiger partial charge in [-0.2, -0.15) is 4.98 Å². The maximum atomic E-state index is 12.1. The number of rotatable bonds is 10. The SMILES string of the molecule is O=C(COc1ccc(Cl)cc1)NC[C@@H]1COC[C@@H]1CNC(=O)COc1ccc(Cl)c(Cl)n1. The van der Waals surface area contributed by atoms with E-state index in [-0.39, 0.29) is 47.9 Å². The molecule has 0 radical (unpaired) electrons. The molecule has 2 heterocycles. The second kappa shape index (κ2) is 12.1. The summed E-state index contributed by atoms with van der Waals surface area (Å²) >= 11 is 17.4. The maximum absolute atomic E-state index is 12.1. The smallest absolute Gasteiger partial charge is 0.258 e. The quantitative estimate of drug-likeness (QED) is 0.485. The van der Waals surface area contributed by atoms with E-state index in [2.05, 4.69) is 15.6 Å². The average molecular weight is 503 g/mol. The van der Waals surface area contributed by atoms with Crippen LogP contribution in [0.25, 0.3) is 0 Å². The van der Waals surface area contributed by atoms with Gasteiger partial charge < -0.3 is 24.8 Å². The second-order valence-electron chi connectivity index (χ2n) is 7.12. The molecule has 11 heteroatoms. The Morgan fingerprint density at radius 2 is 1.50 bits per heavy atom. The number of nitrogens with zero attached hydrogens (tertiary/aromatic N) is 1. The topological polar surface area (TPSA) is 98.8 Å². The highest BCUT2D eigenvalue weighted by Crippen LogP contribution is 2.22. The molecule has 1 fully saturated rings. The van der Waals surface area contributed by atoms with Gasteiger partial charge in [-0.3, -0.25) is 9.59 Å². The van der Waals surface area contributed by atoms with Gasteiger partial charge in [-0.25, -0.2) is 0 Å². The molecule has 1 aromatic carbocycles. The van der Waals surface area contributed by atoms with E-state index in [0.717, 1.165) is 0 Å². The first kappa shape index (κ1) is 24.4. The van der Waals surface area contributed by atoms with Gasteiger partial charge in [-0.1, -0.05) is 34.8 Å². The largest absolute Gasteiger partial charge is 0.484 e. The number of amides is 2. The van der Waals surface area contributed by atoms with E-state index >= 15 is 0 Å². The van der Waals surface area contributed by atoms with Crippen LogP contribution < -0.4 is 20.1 Å². The molecule has 0 spiro atoms. The van der Waals surface area contributed by atoms with E-state index in [4.69, 9.17) is 49.0 Å². The van der Waals surface area contributed by atoms with Gasteiger partial charge >= 0.3 is 0 Å². The third kappa shape index (κ3) is 7.70. The van der Waals surface area contributed by atoms with Crippen molar-refractivity contribution in [3.63, 3.8) is 0 Å². The molecule has 2 aromatic rings. The van der Waals surface area contributed by atoms with Gasteiger partial charge in [0, 0.05) is 36.0 Å². The predicted octanol–water partition coefficient (Wildman–Crippen LogP) is 2.99. The number of ether oxygens (including phenoxy) is 3. The molecule has 0 saturated carbocycles. The highest BCUT2D eigenvalue weighted by atomic mass is 35.5. The Morgan fingerprint density at radius 1 is 0.906 bits per heavy atom. The summed E-state index contributed by atoms with van der Waals surface area (Å²) in [5.41, 5.74) is 0. The Balaban J connectivity index is 1.34. The predicted molar refractivity (Wildman–Crippen MR) is 121 cm³/mol. The van der Waals surface area contributed by atoms with E-state index in [0.29, 0.717) is 42.1 Å². The highest BCUT2D eigenvalue weighted by Gasteiger charge is 2.29. The lowest BCUT2D eigenvalue weighted by atomic mass is 9.96. The third-order valence-corrected chi connectivity index (χ3v) is 5.71. The molecule has 8 nitrogen and oxygen atoms in total. The standard InChI is InChI=1S/C21H22Cl3N3O5/c22-15-1-3-16(4-2-15)31-11-18(28)25-7-13-9-30-10-14(13)8-26-19(29)12-32-20-6-5-17(23)21(24)27-20/h1-6,13-14H,7-12H2,(H,25,28)(H,26,29)/t13-,14+/m1/s1. The minimum Gasteiger partial charge on any atom is -0.484 e. The zero-order valence-corrected chi connectivity index (χ0v) is 19.3. The molecule has 32 heavy (non-hydrogen) atoms. The van der Waals surface area contributed by atoms with Crippen LogP contribution in [0.4, 0.5) is 0 Å². The fourth-order valence-electron chi connectivity index (χ4n) is 2.99. The zero-order chi connectivity index (χ0) is 22.9. The molecule has 3 rings (SSSR count). The number of benzene rings is 1. The zero-order valence-electron chi connectivity index (χ0n) is 17.0. The summed E-state index contributed by atoms with van der Waals surface area (Å²) in [4.78, 5) is 28.1. The van der Waals surface area contributed by atoms with Crippen molar-refractivity contribution in [2.24, 2.45) is 11.8 Å². The minimum atomic E-state index is -0.302. The lowest BCUT2D eigenvalue weighted by Gasteiger charge is -2.18. The van der Waals surface area contributed by atoms with Crippen molar-refractivity contribution in [3.8, 4) is 11.6 Å². The molecule has 1 aliphatic heterocycles. The third-order valence-electron chi connectivity index (χ3n) is 4.77. The van der Waals surface area contributed by atoms with Crippen molar-refractivity contribution in [1.29, 1.82) is 0 Å². The summed E-state index contributed by atoms with van der Waals surface area (Å²) in [6, 6.07) is 9.84. The van der Waals surface area contributed by atoms with Crippen molar-refractivity contribution >= 4 is 46.6 Å². The number of hydrogen-bond acceptors (Lipinski definition) is 6. The van der Waals surface area contributed by atoms with Gasteiger partial charge in [0.2, 0.25) is 5.88 Å². The number of carbonyl (C=O) groups is 2.